The molecule has 0 aromatic carbocycles. The summed E-state index contributed by atoms with van der Waals surface area (Å²) in [6, 6.07) is 0. The molecular formula is C15H33K3O3. The van der Waals surface area contributed by atoms with E-state index >= 15 is 0 Å². The van der Waals surface area contributed by atoms with Crippen molar-refractivity contribution < 1.29 is 169 Å². The topological polar surface area (TPSA) is 69.2 Å². The Morgan fingerprint density at radius 3 is 0.667 bits per heavy atom. The maximum absolute atomic E-state index is 9.69. The Bertz CT molecular complexity index is 79.1. The molecule has 0 amide bonds. The van der Waals surface area contributed by atoms with Crippen molar-refractivity contribution in [1.82, 2.24) is 0 Å². The van der Waals surface area contributed by atoms with Crippen molar-refractivity contribution in [3.8, 4) is 0 Å². The van der Waals surface area contributed by atoms with Gasteiger partial charge in [0.2, 0.25) is 0 Å². The monoisotopic (exact) mass is 378 g/mol. The summed E-state index contributed by atoms with van der Waals surface area (Å²) in [5.41, 5.74) is 0. The van der Waals surface area contributed by atoms with Crippen LogP contribution in [0.2, 0.25) is 0 Å². The molecule has 0 aromatic rings. The molecule has 0 spiro atoms. The molecular weight excluding hydrogens is 345 g/mol. The van der Waals surface area contributed by atoms with E-state index in [-0.39, 0.29) is 174 Å². The van der Waals surface area contributed by atoms with E-state index in [0.29, 0.717) is 0 Å². The Morgan fingerprint density at radius 2 is 0.619 bits per heavy atom. The van der Waals surface area contributed by atoms with Gasteiger partial charge in [-0.3, -0.25) is 0 Å². The van der Waals surface area contributed by atoms with Gasteiger partial charge in [-0.25, -0.2) is 0 Å². The number of rotatable bonds is 9. The zero-order valence-corrected chi connectivity index (χ0v) is 25.1. The average Bonchev–Trinajstić information content (AvgIpc) is 2.42. The largest absolute Gasteiger partial charge is 1.00 e. The Labute approximate surface area is 261 Å². The van der Waals surface area contributed by atoms with Crippen molar-refractivity contribution in [2.75, 3.05) is 19.8 Å². The standard InChI is InChI=1S/3C5H11O.3K/c3*1-2-3-4-5-6;;;/h3*2-5H2,1H3;;;/q3*-1;3*+1. The molecule has 0 heterocycles. The van der Waals surface area contributed by atoms with Crippen LogP contribution in [-0.4, -0.2) is 19.8 Å². The third kappa shape index (κ3) is 67.7. The van der Waals surface area contributed by atoms with Gasteiger partial charge >= 0.3 is 154 Å². The third-order valence-electron chi connectivity index (χ3n) is 2.24. The summed E-state index contributed by atoms with van der Waals surface area (Å²) in [5.74, 6) is 0. The van der Waals surface area contributed by atoms with Crippen LogP contribution in [0.5, 0.6) is 0 Å². The summed E-state index contributed by atoms with van der Waals surface area (Å²) in [7, 11) is 0. The van der Waals surface area contributed by atoms with Crippen LogP contribution in [-0.2, 0) is 0 Å². The fraction of sp³-hybridized carbons (Fsp3) is 1.00. The molecule has 0 aromatic heterocycles. The molecule has 0 atom stereocenters. The van der Waals surface area contributed by atoms with E-state index in [2.05, 4.69) is 20.8 Å². The van der Waals surface area contributed by atoms with Gasteiger partial charge in [-0.2, -0.15) is 0 Å². The van der Waals surface area contributed by atoms with Crippen LogP contribution in [0.4, 0.5) is 0 Å². The summed E-state index contributed by atoms with van der Waals surface area (Å²) in [6.07, 6.45) is 9.34. The molecule has 0 N–H and O–H groups in total. The molecule has 3 nitrogen and oxygen atoms in total. The minimum atomic E-state index is 0. The van der Waals surface area contributed by atoms with E-state index in [4.69, 9.17) is 0 Å². The second kappa shape index (κ2) is 49.8. The van der Waals surface area contributed by atoms with E-state index in [1.54, 1.807) is 0 Å². The molecule has 0 aliphatic carbocycles. The van der Waals surface area contributed by atoms with Crippen LogP contribution in [0.15, 0.2) is 0 Å². The van der Waals surface area contributed by atoms with Gasteiger partial charge in [-0.05, 0) is 0 Å². The predicted octanol–water partition coefficient (Wildman–Crippen LogP) is -7.38. The Kier molecular flexibility index (Phi) is 95.9. The second-order valence-corrected chi connectivity index (χ2v) is 4.23. The van der Waals surface area contributed by atoms with Crippen molar-refractivity contribution in [2.45, 2.75) is 78.6 Å². The fourth-order valence-corrected chi connectivity index (χ4v) is 1.06. The number of hydrogen-bond acceptors (Lipinski definition) is 3. The van der Waals surface area contributed by atoms with Gasteiger partial charge in [0.15, 0.2) is 0 Å². The smallest absolute Gasteiger partial charge is 0.854 e. The van der Waals surface area contributed by atoms with E-state index in [9.17, 15) is 15.3 Å². The predicted molar refractivity (Wildman–Crippen MR) is 73.2 cm³/mol. The summed E-state index contributed by atoms with van der Waals surface area (Å²) in [4.78, 5) is 0. The first-order valence-corrected chi connectivity index (χ1v) is 7.49. The van der Waals surface area contributed by atoms with Crippen LogP contribution in [0.3, 0.4) is 0 Å². The van der Waals surface area contributed by atoms with Gasteiger partial charge < -0.3 is 15.3 Å². The van der Waals surface area contributed by atoms with Crippen molar-refractivity contribution in [1.29, 1.82) is 0 Å². The number of hydrogen-bond donors (Lipinski definition) is 0. The normalized spacial score (nSPS) is 7.71. The summed E-state index contributed by atoms with van der Waals surface area (Å²) >= 11 is 0. The summed E-state index contributed by atoms with van der Waals surface area (Å²) < 4.78 is 0. The molecule has 0 aliphatic rings. The van der Waals surface area contributed by atoms with Crippen molar-refractivity contribution in [3.05, 3.63) is 0 Å². The molecule has 0 unspecified atom stereocenters. The van der Waals surface area contributed by atoms with Gasteiger partial charge in [-0.1, -0.05) is 78.6 Å². The summed E-state index contributed by atoms with van der Waals surface area (Å²) in [6.45, 7) is 6.59. The van der Waals surface area contributed by atoms with Crippen molar-refractivity contribution in [2.24, 2.45) is 0 Å². The quantitative estimate of drug-likeness (QED) is 0.296. The molecule has 0 aliphatic heterocycles. The molecule has 21 heavy (non-hydrogen) atoms. The average molecular weight is 379 g/mol. The molecule has 0 saturated heterocycles. The second-order valence-electron chi connectivity index (χ2n) is 4.23. The maximum Gasteiger partial charge on any atom is 1.00 e. The number of unbranched alkanes of at least 4 members (excludes halogenated alkanes) is 6. The first-order chi connectivity index (χ1) is 8.74. The minimum absolute atomic E-state index is 0. The van der Waals surface area contributed by atoms with Gasteiger partial charge in [-0.15, -0.1) is 19.8 Å². The fourth-order valence-electron chi connectivity index (χ4n) is 1.06. The Hall–Kier alpha value is 4.79. The zero-order valence-electron chi connectivity index (χ0n) is 15.7. The first-order valence-electron chi connectivity index (χ1n) is 7.49. The minimum Gasteiger partial charge on any atom is -0.854 e. The molecule has 0 fully saturated rings. The van der Waals surface area contributed by atoms with Gasteiger partial charge in [0.25, 0.3) is 0 Å². The molecule has 0 bridgehead atoms. The Balaban J connectivity index is -0.0000000375. The van der Waals surface area contributed by atoms with Gasteiger partial charge in [0, 0.05) is 0 Å². The molecule has 0 rings (SSSR count). The van der Waals surface area contributed by atoms with Crippen molar-refractivity contribution >= 4 is 0 Å². The molecule has 6 heteroatoms. The van der Waals surface area contributed by atoms with Crippen LogP contribution >= 0.6 is 0 Å². The van der Waals surface area contributed by atoms with Gasteiger partial charge in [0.1, 0.15) is 0 Å². The van der Waals surface area contributed by atoms with Crippen LogP contribution in [0, 0.1) is 0 Å². The zero-order chi connectivity index (χ0) is 14.5. The van der Waals surface area contributed by atoms with Crippen LogP contribution < -0.4 is 169 Å². The van der Waals surface area contributed by atoms with E-state index in [1.165, 1.54) is 0 Å². The molecule has 0 radical (unpaired) electrons. The van der Waals surface area contributed by atoms with E-state index in [1.807, 2.05) is 0 Å². The van der Waals surface area contributed by atoms with Crippen LogP contribution in [0.25, 0.3) is 0 Å². The molecule has 0 saturated carbocycles. The van der Waals surface area contributed by atoms with E-state index < -0.39 is 0 Å². The van der Waals surface area contributed by atoms with E-state index in [0.717, 1.165) is 57.8 Å². The Morgan fingerprint density at radius 1 is 0.429 bits per heavy atom. The molecule has 114 valence electrons. The first kappa shape index (κ1) is 40.5. The SMILES string of the molecule is CCCCC[O-].CCCCC[O-].CCCCC[O-].[K+].[K+].[K+]. The maximum atomic E-state index is 9.69. The van der Waals surface area contributed by atoms with Crippen LogP contribution in [0.1, 0.15) is 78.6 Å². The summed E-state index contributed by atoms with van der Waals surface area (Å²) in [5, 5.41) is 29.1. The third-order valence-corrected chi connectivity index (χ3v) is 2.24. The van der Waals surface area contributed by atoms with Crippen molar-refractivity contribution in [3.63, 3.8) is 0 Å². The van der Waals surface area contributed by atoms with Gasteiger partial charge in [0.05, 0.1) is 0 Å².